The van der Waals surface area contributed by atoms with Crippen molar-refractivity contribution in [3.8, 4) is 22.4 Å². The van der Waals surface area contributed by atoms with E-state index in [0.717, 1.165) is 50.3 Å². The van der Waals surface area contributed by atoms with Gasteiger partial charge in [0.15, 0.2) is 0 Å². The number of furan rings is 1. The van der Waals surface area contributed by atoms with Crippen LogP contribution in [-0.4, -0.2) is 15.0 Å². The van der Waals surface area contributed by atoms with Crippen LogP contribution in [0.5, 0.6) is 0 Å². The molecule has 1 unspecified atom stereocenters. The van der Waals surface area contributed by atoms with Gasteiger partial charge in [0, 0.05) is 34.8 Å². The molecular weight excluding hydrogens is 432 g/mol. The fourth-order valence-electron chi connectivity index (χ4n) is 3.94. The van der Waals surface area contributed by atoms with Crippen LogP contribution in [0, 0.1) is 13.8 Å². The number of anilines is 1. The van der Waals surface area contributed by atoms with Gasteiger partial charge in [-0.1, -0.05) is 29.8 Å². The molecule has 164 valence electrons. The molecule has 5 aromatic rings. The predicted molar refractivity (Wildman–Crippen MR) is 133 cm³/mol. The van der Waals surface area contributed by atoms with E-state index in [0.29, 0.717) is 11.0 Å². The third-order valence-electron chi connectivity index (χ3n) is 5.71. The zero-order valence-corrected chi connectivity index (χ0v) is 19.4. The van der Waals surface area contributed by atoms with Crippen molar-refractivity contribution in [2.75, 3.05) is 5.32 Å². The summed E-state index contributed by atoms with van der Waals surface area (Å²) in [4.78, 5) is 13.5. The first-order chi connectivity index (χ1) is 16.0. The van der Waals surface area contributed by atoms with E-state index >= 15 is 0 Å². The van der Waals surface area contributed by atoms with E-state index in [4.69, 9.17) is 16.0 Å². The van der Waals surface area contributed by atoms with Crippen LogP contribution in [0.25, 0.3) is 33.4 Å². The van der Waals surface area contributed by atoms with Crippen molar-refractivity contribution in [2.24, 2.45) is 0 Å². The normalized spacial score (nSPS) is 12.1. The van der Waals surface area contributed by atoms with Gasteiger partial charge in [0.2, 0.25) is 0 Å². The van der Waals surface area contributed by atoms with Crippen LogP contribution in [-0.2, 0) is 0 Å². The highest BCUT2D eigenvalue weighted by molar-refractivity contribution is 6.29. The molecule has 33 heavy (non-hydrogen) atoms. The summed E-state index contributed by atoms with van der Waals surface area (Å²) in [6, 6.07) is 20.3. The zero-order valence-electron chi connectivity index (χ0n) is 18.6. The Bertz CT molecular complexity index is 1440. The van der Waals surface area contributed by atoms with Crippen LogP contribution in [0.3, 0.4) is 0 Å². The van der Waals surface area contributed by atoms with E-state index < -0.39 is 0 Å². The fourth-order valence-corrected chi connectivity index (χ4v) is 4.06. The lowest BCUT2D eigenvalue weighted by molar-refractivity contribution is 0.613. The average Bonchev–Trinajstić information content (AvgIpc) is 3.19. The Balaban J connectivity index is 1.42. The molecule has 0 amide bonds. The number of hydrogen-bond acceptors (Lipinski definition) is 5. The van der Waals surface area contributed by atoms with Gasteiger partial charge in [-0.25, -0.2) is 15.0 Å². The predicted octanol–water partition coefficient (Wildman–Crippen LogP) is 7.40. The summed E-state index contributed by atoms with van der Waals surface area (Å²) < 4.78 is 5.58. The zero-order chi connectivity index (χ0) is 22.9. The highest BCUT2D eigenvalue weighted by Gasteiger charge is 2.12. The molecule has 0 aliphatic carbocycles. The van der Waals surface area contributed by atoms with Crippen LogP contribution < -0.4 is 5.32 Å². The Hall–Kier alpha value is -3.70. The molecule has 0 bridgehead atoms. The smallest absolute Gasteiger partial charge is 0.134 e. The molecule has 3 heterocycles. The van der Waals surface area contributed by atoms with Crippen molar-refractivity contribution in [3.63, 3.8) is 0 Å². The number of hydrogen-bond donors (Lipinski definition) is 1. The number of nitrogens with one attached hydrogen (secondary N) is 1. The van der Waals surface area contributed by atoms with Gasteiger partial charge in [0.05, 0.1) is 12.0 Å². The van der Waals surface area contributed by atoms with Crippen molar-refractivity contribution < 1.29 is 4.42 Å². The number of nitrogens with zero attached hydrogens (tertiary/aromatic N) is 3. The molecule has 0 radical (unpaired) electrons. The minimum Gasteiger partial charge on any atom is -0.464 e. The van der Waals surface area contributed by atoms with E-state index in [1.54, 1.807) is 18.5 Å². The van der Waals surface area contributed by atoms with E-state index in [9.17, 15) is 0 Å². The minimum atomic E-state index is 0.0472. The number of pyridine rings is 1. The Kier molecular flexibility index (Phi) is 5.56. The minimum absolute atomic E-state index is 0.0472. The maximum absolute atomic E-state index is 5.93. The highest BCUT2D eigenvalue weighted by Crippen LogP contribution is 2.29. The van der Waals surface area contributed by atoms with Crippen molar-refractivity contribution in [3.05, 3.63) is 95.2 Å². The van der Waals surface area contributed by atoms with Gasteiger partial charge in [0.25, 0.3) is 0 Å². The molecule has 5 nitrogen and oxygen atoms in total. The van der Waals surface area contributed by atoms with Crippen LogP contribution in [0.2, 0.25) is 5.15 Å². The topological polar surface area (TPSA) is 63.8 Å². The van der Waals surface area contributed by atoms with Gasteiger partial charge in [-0.15, -0.1) is 0 Å². The lowest BCUT2D eigenvalue weighted by atomic mass is 10.0. The van der Waals surface area contributed by atoms with Crippen molar-refractivity contribution in [1.29, 1.82) is 0 Å². The SMILES string of the molecule is Cc1nc(NC(C)c2cccc(-c3ccc(Cl)nc3)c2)cc(-c2ccc3occ(C)c3c2)n1. The van der Waals surface area contributed by atoms with Gasteiger partial charge in [-0.05, 0) is 73.9 Å². The Labute approximate surface area is 197 Å². The van der Waals surface area contributed by atoms with Crippen molar-refractivity contribution >= 4 is 28.4 Å². The van der Waals surface area contributed by atoms with Crippen molar-refractivity contribution in [2.45, 2.75) is 26.8 Å². The summed E-state index contributed by atoms with van der Waals surface area (Å²) in [5.41, 5.74) is 7.17. The maximum Gasteiger partial charge on any atom is 0.134 e. The summed E-state index contributed by atoms with van der Waals surface area (Å²) >= 11 is 5.93. The molecule has 6 heteroatoms. The number of halogens is 1. The largest absolute Gasteiger partial charge is 0.464 e. The van der Waals surface area contributed by atoms with E-state index in [2.05, 4.69) is 57.5 Å². The second-order valence-corrected chi connectivity index (χ2v) is 8.56. The Morgan fingerprint density at radius 2 is 1.76 bits per heavy atom. The molecule has 1 atom stereocenters. The number of aryl methyl sites for hydroxylation is 2. The monoisotopic (exact) mass is 454 g/mol. The van der Waals surface area contributed by atoms with Crippen LogP contribution in [0.15, 0.2) is 77.5 Å². The van der Waals surface area contributed by atoms with Gasteiger partial charge >= 0.3 is 0 Å². The van der Waals surface area contributed by atoms with Crippen molar-refractivity contribution in [1.82, 2.24) is 15.0 Å². The summed E-state index contributed by atoms with van der Waals surface area (Å²) in [5.74, 6) is 1.50. The first kappa shape index (κ1) is 21.2. The second-order valence-electron chi connectivity index (χ2n) is 8.18. The van der Waals surface area contributed by atoms with Gasteiger partial charge in [-0.2, -0.15) is 0 Å². The Morgan fingerprint density at radius 3 is 2.58 bits per heavy atom. The molecule has 5 rings (SSSR count). The average molecular weight is 455 g/mol. The number of rotatable bonds is 5. The summed E-state index contributed by atoms with van der Waals surface area (Å²) in [7, 11) is 0. The lowest BCUT2D eigenvalue weighted by Crippen LogP contribution is -2.09. The lowest BCUT2D eigenvalue weighted by Gasteiger charge is -2.17. The first-order valence-corrected chi connectivity index (χ1v) is 11.2. The first-order valence-electron chi connectivity index (χ1n) is 10.8. The molecule has 0 fully saturated rings. The van der Waals surface area contributed by atoms with Crippen LogP contribution >= 0.6 is 11.6 Å². The van der Waals surface area contributed by atoms with E-state index in [1.165, 1.54) is 0 Å². The van der Waals surface area contributed by atoms with E-state index in [-0.39, 0.29) is 6.04 Å². The molecule has 1 N–H and O–H groups in total. The van der Waals surface area contributed by atoms with Gasteiger partial charge in [0.1, 0.15) is 22.4 Å². The number of aromatic nitrogens is 3. The third-order valence-corrected chi connectivity index (χ3v) is 5.94. The molecule has 0 saturated heterocycles. The van der Waals surface area contributed by atoms with Crippen LogP contribution in [0.1, 0.15) is 29.9 Å². The summed E-state index contributed by atoms with van der Waals surface area (Å²) in [6.45, 7) is 6.08. The fraction of sp³-hybridized carbons (Fsp3) is 0.148. The highest BCUT2D eigenvalue weighted by atomic mass is 35.5. The van der Waals surface area contributed by atoms with Gasteiger partial charge in [-0.3, -0.25) is 0 Å². The summed E-state index contributed by atoms with van der Waals surface area (Å²) in [6.07, 6.45) is 3.57. The van der Waals surface area contributed by atoms with E-state index in [1.807, 2.05) is 38.1 Å². The molecule has 0 aliphatic heterocycles. The molecule has 2 aromatic carbocycles. The molecular formula is C27H23ClN4O. The molecule has 0 spiro atoms. The second kappa shape index (κ2) is 8.68. The number of benzene rings is 2. The standard InChI is InChI=1S/C27H23ClN4O/c1-16-15-33-25-9-7-21(12-23(16)25)24-13-27(32-18(3)31-24)30-17(2)19-5-4-6-20(11-19)22-8-10-26(28)29-14-22/h4-15,17H,1-3H3,(H,30,31,32). The quantitative estimate of drug-likeness (QED) is 0.280. The van der Waals surface area contributed by atoms with Crippen LogP contribution in [0.4, 0.5) is 5.82 Å². The maximum atomic E-state index is 5.93. The molecule has 0 aliphatic rings. The summed E-state index contributed by atoms with van der Waals surface area (Å²) in [5, 5.41) is 5.12. The number of fused-ring (bicyclic) bond motifs is 1. The third kappa shape index (κ3) is 4.45. The molecule has 0 saturated carbocycles. The Morgan fingerprint density at radius 1 is 0.909 bits per heavy atom. The molecule has 3 aromatic heterocycles. The van der Waals surface area contributed by atoms with Gasteiger partial charge < -0.3 is 9.73 Å².